The van der Waals surface area contributed by atoms with E-state index in [9.17, 15) is 0 Å². The van der Waals surface area contributed by atoms with Gasteiger partial charge in [0.05, 0.1) is 0 Å². The van der Waals surface area contributed by atoms with Crippen molar-refractivity contribution in [3.63, 3.8) is 0 Å². The largest absolute Gasteiger partial charge is 0.285 e. The number of aliphatic imine (C=N–C) groups is 1. The fourth-order valence-corrected chi connectivity index (χ4v) is 0.295. The summed E-state index contributed by atoms with van der Waals surface area (Å²) in [5.41, 5.74) is 0. The summed E-state index contributed by atoms with van der Waals surface area (Å²) >= 11 is 0. The maximum atomic E-state index is 3.70. The molecule has 0 aliphatic heterocycles. The topological polar surface area (TPSA) is 12.4 Å². The summed E-state index contributed by atoms with van der Waals surface area (Å²) in [6.45, 7) is 7.30. The van der Waals surface area contributed by atoms with Crippen LogP contribution in [0.2, 0.25) is 0 Å². The molecule has 0 N–H and O–H groups in total. The van der Waals surface area contributed by atoms with Crippen LogP contribution in [0.15, 0.2) is 4.99 Å². The molecule has 0 amide bonds. The average Bonchev–Trinajstić information content (AvgIpc) is 1.83. The Bertz CT molecular complexity index is 116. The van der Waals surface area contributed by atoms with Crippen LogP contribution in [0.4, 0.5) is 0 Å². The van der Waals surface area contributed by atoms with Gasteiger partial charge in [-0.3, -0.25) is 4.99 Å². The molecule has 44 valence electrons. The Hall–Kier alpha value is -0.770. The lowest BCUT2D eigenvalue weighted by molar-refractivity contribution is 0.968. The van der Waals surface area contributed by atoms with Crippen molar-refractivity contribution in [3.05, 3.63) is 0 Å². The van der Waals surface area contributed by atoms with E-state index in [4.69, 9.17) is 0 Å². The summed E-state index contributed by atoms with van der Waals surface area (Å²) in [6.07, 6.45) is 0.903. The van der Waals surface area contributed by atoms with Gasteiger partial charge in [-0.15, -0.1) is 5.92 Å². The van der Waals surface area contributed by atoms with E-state index in [1.54, 1.807) is 0 Å². The molecule has 8 heavy (non-hydrogen) atoms. The molecule has 0 aliphatic rings. The summed E-state index contributed by atoms with van der Waals surface area (Å²) in [5, 5.41) is 0. The minimum atomic E-state index is 0.106. The highest BCUT2D eigenvalue weighted by molar-refractivity contribution is 5.26. The molecule has 0 saturated carbocycles. The molecule has 1 unspecified atom stereocenters. The van der Waals surface area contributed by atoms with Crippen LogP contribution in [-0.4, -0.2) is 12.8 Å². The lowest BCUT2D eigenvalue weighted by Gasteiger charge is -1.87. The molecule has 0 radical (unpaired) electrons. The average molecular weight is 109 g/mol. The monoisotopic (exact) mass is 109 g/mol. The molecule has 1 atom stereocenters. The van der Waals surface area contributed by atoms with Gasteiger partial charge in [-0.05, 0) is 13.6 Å². The van der Waals surface area contributed by atoms with Crippen LogP contribution < -0.4 is 0 Å². The molecule has 0 aromatic heterocycles. The second-order valence-electron chi connectivity index (χ2n) is 1.53. The molecular formula is C7H11N. The highest BCUT2D eigenvalue weighted by Gasteiger charge is 1.82. The van der Waals surface area contributed by atoms with Crippen molar-refractivity contribution in [3.8, 4) is 11.8 Å². The second kappa shape index (κ2) is 4.39. The third-order valence-electron chi connectivity index (χ3n) is 0.762. The van der Waals surface area contributed by atoms with E-state index in [1.807, 2.05) is 13.8 Å². The number of hydrogen-bond donors (Lipinski definition) is 0. The first-order valence-electron chi connectivity index (χ1n) is 2.75. The van der Waals surface area contributed by atoms with Crippen LogP contribution in [0.25, 0.3) is 0 Å². The molecule has 0 aromatic carbocycles. The molecule has 0 spiro atoms. The molecule has 0 aromatic rings. The summed E-state index contributed by atoms with van der Waals surface area (Å²) in [5.74, 6) is 5.82. The summed E-state index contributed by atoms with van der Waals surface area (Å²) in [4.78, 5) is 3.70. The third-order valence-corrected chi connectivity index (χ3v) is 0.762. The molecule has 1 heteroatoms. The van der Waals surface area contributed by atoms with Crippen LogP contribution in [-0.2, 0) is 0 Å². The highest BCUT2D eigenvalue weighted by Crippen LogP contribution is 1.82. The Kier molecular flexibility index (Phi) is 3.97. The van der Waals surface area contributed by atoms with Crippen molar-refractivity contribution >= 4 is 6.72 Å². The van der Waals surface area contributed by atoms with Crippen molar-refractivity contribution in [2.75, 3.05) is 0 Å². The first-order valence-corrected chi connectivity index (χ1v) is 2.75. The quantitative estimate of drug-likeness (QED) is 0.357. The Morgan fingerprint density at radius 2 is 2.38 bits per heavy atom. The fraction of sp³-hybridized carbons (Fsp3) is 0.571. The Morgan fingerprint density at radius 3 is 2.75 bits per heavy atom. The maximum Gasteiger partial charge on any atom is 0.107 e. The predicted molar refractivity (Wildman–Crippen MR) is 37.1 cm³/mol. The maximum absolute atomic E-state index is 3.70. The Labute approximate surface area is 50.8 Å². The first-order chi connectivity index (χ1) is 3.81. The zero-order chi connectivity index (χ0) is 6.41. The minimum Gasteiger partial charge on any atom is -0.285 e. The SMILES string of the molecule is C=NC(C)C#CCC. The molecule has 1 nitrogen and oxygen atoms in total. The highest BCUT2D eigenvalue weighted by atomic mass is 14.7. The fourth-order valence-electron chi connectivity index (χ4n) is 0.295. The van der Waals surface area contributed by atoms with Gasteiger partial charge >= 0.3 is 0 Å². The zero-order valence-corrected chi connectivity index (χ0v) is 5.44. The molecule has 0 aliphatic carbocycles. The van der Waals surface area contributed by atoms with Gasteiger partial charge in [0.25, 0.3) is 0 Å². The van der Waals surface area contributed by atoms with Gasteiger partial charge in [-0.25, -0.2) is 0 Å². The predicted octanol–water partition coefficient (Wildman–Crippen LogP) is 1.49. The van der Waals surface area contributed by atoms with Crippen molar-refractivity contribution < 1.29 is 0 Å². The second-order valence-corrected chi connectivity index (χ2v) is 1.53. The van der Waals surface area contributed by atoms with E-state index in [0.717, 1.165) is 6.42 Å². The van der Waals surface area contributed by atoms with Gasteiger partial charge in [-0.2, -0.15) is 0 Å². The number of rotatable bonds is 1. The van der Waals surface area contributed by atoms with Gasteiger partial charge in [-0.1, -0.05) is 12.8 Å². The van der Waals surface area contributed by atoms with Gasteiger partial charge in [0.15, 0.2) is 0 Å². The van der Waals surface area contributed by atoms with E-state index in [-0.39, 0.29) is 6.04 Å². The van der Waals surface area contributed by atoms with E-state index < -0.39 is 0 Å². The summed E-state index contributed by atoms with van der Waals surface area (Å²) in [6, 6.07) is 0.106. The lowest BCUT2D eigenvalue weighted by atomic mass is 10.3. The number of hydrogen-bond acceptors (Lipinski definition) is 1. The lowest BCUT2D eigenvalue weighted by Crippen LogP contribution is -1.88. The Morgan fingerprint density at radius 1 is 1.75 bits per heavy atom. The van der Waals surface area contributed by atoms with E-state index >= 15 is 0 Å². The van der Waals surface area contributed by atoms with Gasteiger partial charge < -0.3 is 0 Å². The van der Waals surface area contributed by atoms with Gasteiger partial charge in [0.1, 0.15) is 6.04 Å². The van der Waals surface area contributed by atoms with Crippen LogP contribution in [0.3, 0.4) is 0 Å². The molecule has 0 saturated heterocycles. The van der Waals surface area contributed by atoms with Crippen molar-refractivity contribution in [1.82, 2.24) is 0 Å². The first kappa shape index (κ1) is 7.23. The third kappa shape index (κ3) is 3.42. The van der Waals surface area contributed by atoms with Crippen molar-refractivity contribution in [1.29, 1.82) is 0 Å². The number of nitrogens with zero attached hydrogens (tertiary/aromatic N) is 1. The van der Waals surface area contributed by atoms with Crippen LogP contribution >= 0.6 is 0 Å². The zero-order valence-electron chi connectivity index (χ0n) is 5.44. The smallest absolute Gasteiger partial charge is 0.107 e. The molecule has 0 bridgehead atoms. The molecule has 0 fully saturated rings. The van der Waals surface area contributed by atoms with Gasteiger partial charge in [0, 0.05) is 6.42 Å². The van der Waals surface area contributed by atoms with Crippen LogP contribution in [0, 0.1) is 11.8 Å². The van der Waals surface area contributed by atoms with Gasteiger partial charge in [0.2, 0.25) is 0 Å². The van der Waals surface area contributed by atoms with E-state index in [2.05, 4.69) is 23.6 Å². The van der Waals surface area contributed by atoms with E-state index in [0.29, 0.717) is 0 Å². The van der Waals surface area contributed by atoms with E-state index in [1.165, 1.54) is 0 Å². The van der Waals surface area contributed by atoms with Crippen molar-refractivity contribution in [2.45, 2.75) is 26.3 Å². The molecule has 0 rings (SSSR count). The molecular weight excluding hydrogens is 98.1 g/mol. The minimum absolute atomic E-state index is 0.106. The Balaban J connectivity index is 3.50. The summed E-state index contributed by atoms with van der Waals surface area (Å²) in [7, 11) is 0. The van der Waals surface area contributed by atoms with Crippen LogP contribution in [0.5, 0.6) is 0 Å². The van der Waals surface area contributed by atoms with Crippen LogP contribution in [0.1, 0.15) is 20.3 Å². The molecule has 0 heterocycles. The van der Waals surface area contributed by atoms with Crippen molar-refractivity contribution in [2.24, 2.45) is 4.99 Å². The summed E-state index contributed by atoms with van der Waals surface area (Å²) < 4.78 is 0. The standard InChI is InChI=1S/C7H11N/c1-4-5-6-7(2)8-3/h7H,3-4H2,1-2H3. The normalized spacial score (nSPS) is 11.2.